The zero-order valence-electron chi connectivity index (χ0n) is 17.5. The number of amides is 2. The summed E-state index contributed by atoms with van der Waals surface area (Å²) in [5, 5.41) is 2.68. The number of hydrogen-bond donors (Lipinski definition) is 1. The molecule has 4 rings (SSSR count). The number of nitrogens with one attached hydrogen (secondary N) is 1. The maximum atomic E-state index is 14.5. The van der Waals surface area contributed by atoms with E-state index in [1.54, 1.807) is 48.9 Å². The molecule has 0 radical (unpaired) electrons. The van der Waals surface area contributed by atoms with Crippen LogP contribution in [0.4, 0.5) is 14.5 Å². The highest BCUT2D eigenvalue weighted by Gasteiger charge is 2.44. The average molecular weight is 436 g/mol. The molecule has 0 saturated carbocycles. The molecule has 3 heterocycles. The molecule has 164 valence electrons. The number of aromatic nitrogens is 2. The molecule has 1 aromatic carbocycles. The van der Waals surface area contributed by atoms with E-state index in [9.17, 15) is 18.4 Å². The van der Waals surface area contributed by atoms with Gasteiger partial charge >= 0.3 is 0 Å². The molecule has 3 aromatic rings. The number of benzene rings is 1. The predicted molar refractivity (Wildman–Crippen MR) is 116 cm³/mol. The lowest BCUT2D eigenvalue weighted by Gasteiger charge is -2.37. The molecule has 1 atom stereocenters. The number of halogens is 2. The fourth-order valence-electron chi connectivity index (χ4n) is 3.75. The van der Waals surface area contributed by atoms with Gasteiger partial charge in [0.25, 0.3) is 11.8 Å². The van der Waals surface area contributed by atoms with Crippen LogP contribution in [0.1, 0.15) is 22.3 Å². The third-order valence-corrected chi connectivity index (χ3v) is 5.38. The number of carbonyl (C=O) groups is 2. The van der Waals surface area contributed by atoms with Gasteiger partial charge in [-0.05, 0) is 42.8 Å². The van der Waals surface area contributed by atoms with Crippen molar-refractivity contribution in [3.05, 3.63) is 78.4 Å². The van der Waals surface area contributed by atoms with Gasteiger partial charge in [0, 0.05) is 49.0 Å². The van der Waals surface area contributed by atoms with Crippen LogP contribution in [-0.2, 0) is 4.79 Å². The Morgan fingerprint density at radius 2 is 1.75 bits per heavy atom. The summed E-state index contributed by atoms with van der Waals surface area (Å²) in [6.07, 6.45) is 5.57. The van der Waals surface area contributed by atoms with Crippen molar-refractivity contribution in [2.24, 2.45) is 5.92 Å². The van der Waals surface area contributed by atoms with Gasteiger partial charge in [0.05, 0.1) is 18.0 Å². The van der Waals surface area contributed by atoms with E-state index in [4.69, 9.17) is 0 Å². The summed E-state index contributed by atoms with van der Waals surface area (Å²) in [5.41, 5.74) is 3.22. The standard InChI is InChI=1S/C24H22F2N4O2/c1-16-2-4-21(5-3-16)29-22(31)20-11-24(25,26)15-30(14-20)23(32)19-10-18(12-28-13-19)17-6-8-27-9-7-17/h2-10,12-13,20H,11,14-15H2,1H3,(H,29,31). The van der Waals surface area contributed by atoms with Gasteiger partial charge < -0.3 is 10.2 Å². The number of piperidine rings is 1. The minimum atomic E-state index is -3.17. The van der Waals surface area contributed by atoms with E-state index < -0.39 is 36.6 Å². The number of aryl methyl sites for hydroxylation is 1. The molecule has 2 amide bonds. The Hall–Kier alpha value is -3.68. The van der Waals surface area contributed by atoms with Crippen LogP contribution >= 0.6 is 0 Å². The van der Waals surface area contributed by atoms with Crippen molar-refractivity contribution in [1.29, 1.82) is 0 Å². The zero-order chi connectivity index (χ0) is 22.7. The van der Waals surface area contributed by atoms with E-state index >= 15 is 0 Å². The average Bonchev–Trinajstić information content (AvgIpc) is 2.79. The normalized spacial score (nSPS) is 17.6. The van der Waals surface area contributed by atoms with Crippen LogP contribution in [-0.4, -0.2) is 45.7 Å². The first kappa shape index (κ1) is 21.5. The molecule has 1 fully saturated rings. The highest BCUT2D eigenvalue weighted by molar-refractivity contribution is 5.97. The summed E-state index contributed by atoms with van der Waals surface area (Å²) in [7, 11) is 0. The smallest absolute Gasteiger partial charge is 0.266 e. The van der Waals surface area contributed by atoms with Gasteiger partial charge in [0.2, 0.25) is 5.91 Å². The first-order chi connectivity index (χ1) is 15.3. The minimum absolute atomic E-state index is 0.0917. The third kappa shape index (κ3) is 4.96. The van der Waals surface area contributed by atoms with Crippen molar-refractivity contribution in [2.45, 2.75) is 19.3 Å². The summed E-state index contributed by atoms with van der Waals surface area (Å²) in [5.74, 6) is -5.31. The number of likely N-dealkylation sites (tertiary alicyclic amines) is 1. The van der Waals surface area contributed by atoms with Crippen LogP contribution in [0.2, 0.25) is 0 Å². The van der Waals surface area contributed by atoms with Crippen molar-refractivity contribution < 1.29 is 18.4 Å². The minimum Gasteiger partial charge on any atom is -0.332 e. The van der Waals surface area contributed by atoms with Gasteiger partial charge in [-0.25, -0.2) is 8.78 Å². The molecular weight excluding hydrogens is 414 g/mol. The largest absolute Gasteiger partial charge is 0.332 e. The molecule has 0 bridgehead atoms. The second-order valence-corrected chi connectivity index (χ2v) is 8.00. The molecule has 1 N–H and O–H groups in total. The number of nitrogens with zero attached hydrogens (tertiary/aromatic N) is 3. The first-order valence-electron chi connectivity index (χ1n) is 10.2. The molecule has 6 nitrogen and oxygen atoms in total. The molecule has 1 aliphatic rings. The molecule has 1 unspecified atom stereocenters. The molecule has 2 aromatic heterocycles. The fraction of sp³-hybridized carbons (Fsp3) is 0.250. The van der Waals surface area contributed by atoms with Crippen molar-refractivity contribution in [1.82, 2.24) is 14.9 Å². The van der Waals surface area contributed by atoms with E-state index in [2.05, 4.69) is 15.3 Å². The highest BCUT2D eigenvalue weighted by atomic mass is 19.3. The van der Waals surface area contributed by atoms with E-state index in [0.29, 0.717) is 11.3 Å². The van der Waals surface area contributed by atoms with E-state index in [1.807, 2.05) is 19.1 Å². The lowest BCUT2D eigenvalue weighted by Crippen LogP contribution is -2.52. The van der Waals surface area contributed by atoms with Crippen molar-refractivity contribution in [3.63, 3.8) is 0 Å². The number of pyridine rings is 2. The Bertz CT molecular complexity index is 1120. The monoisotopic (exact) mass is 436 g/mol. The zero-order valence-corrected chi connectivity index (χ0v) is 17.5. The number of alkyl halides is 2. The predicted octanol–water partition coefficient (Wildman–Crippen LogP) is 4.19. The Labute approximate surface area is 184 Å². The Kier molecular flexibility index (Phi) is 5.94. The highest BCUT2D eigenvalue weighted by Crippen LogP contribution is 2.32. The fourth-order valence-corrected chi connectivity index (χ4v) is 3.75. The van der Waals surface area contributed by atoms with E-state index in [-0.39, 0.29) is 12.1 Å². The van der Waals surface area contributed by atoms with E-state index in [0.717, 1.165) is 16.0 Å². The van der Waals surface area contributed by atoms with Crippen LogP contribution in [0.5, 0.6) is 0 Å². The van der Waals surface area contributed by atoms with Crippen molar-refractivity contribution in [2.75, 3.05) is 18.4 Å². The maximum absolute atomic E-state index is 14.5. The molecule has 1 saturated heterocycles. The topological polar surface area (TPSA) is 75.2 Å². The number of hydrogen-bond acceptors (Lipinski definition) is 4. The maximum Gasteiger partial charge on any atom is 0.266 e. The lowest BCUT2D eigenvalue weighted by atomic mass is 9.93. The second-order valence-electron chi connectivity index (χ2n) is 8.00. The van der Waals surface area contributed by atoms with Gasteiger partial charge in [0.15, 0.2) is 0 Å². The molecule has 32 heavy (non-hydrogen) atoms. The molecule has 8 heteroatoms. The summed E-state index contributed by atoms with van der Waals surface area (Å²) in [6, 6.07) is 12.2. The summed E-state index contributed by atoms with van der Waals surface area (Å²) < 4.78 is 29.0. The number of carbonyl (C=O) groups excluding carboxylic acids is 2. The molecule has 0 spiro atoms. The van der Waals surface area contributed by atoms with Gasteiger partial charge in [-0.1, -0.05) is 17.7 Å². The summed E-state index contributed by atoms with van der Waals surface area (Å²) >= 11 is 0. The van der Waals surface area contributed by atoms with Crippen molar-refractivity contribution >= 4 is 17.5 Å². The third-order valence-electron chi connectivity index (χ3n) is 5.38. The Morgan fingerprint density at radius 3 is 2.47 bits per heavy atom. The molecular formula is C24H22F2N4O2. The van der Waals surface area contributed by atoms with Crippen LogP contribution in [0, 0.1) is 12.8 Å². The quantitative estimate of drug-likeness (QED) is 0.666. The van der Waals surface area contributed by atoms with Crippen LogP contribution in [0.3, 0.4) is 0 Å². The van der Waals surface area contributed by atoms with Crippen LogP contribution < -0.4 is 5.32 Å². The van der Waals surface area contributed by atoms with Gasteiger partial charge in [-0.15, -0.1) is 0 Å². The van der Waals surface area contributed by atoms with Crippen LogP contribution in [0.15, 0.2) is 67.3 Å². The lowest BCUT2D eigenvalue weighted by molar-refractivity contribution is -0.130. The van der Waals surface area contributed by atoms with Gasteiger partial charge in [-0.2, -0.15) is 0 Å². The molecule has 0 aliphatic carbocycles. The second kappa shape index (κ2) is 8.82. The number of rotatable bonds is 4. The SMILES string of the molecule is Cc1ccc(NC(=O)C2CN(C(=O)c3cncc(-c4ccncc4)c3)CC(F)(F)C2)cc1. The molecule has 1 aliphatic heterocycles. The number of anilines is 1. The summed E-state index contributed by atoms with van der Waals surface area (Å²) in [6.45, 7) is 1.08. The van der Waals surface area contributed by atoms with Gasteiger partial charge in [0.1, 0.15) is 0 Å². The van der Waals surface area contributed by atoms with Crippen LogP contribution in [0.25, 0.3) is 11.1 Å². The summed E-state index contributed by atoms with van der Waals surface area (Å²) in [4.78, 5) is 34.8. The first-order valence-corrected chi connectivity index (χ1v) is 10.2. The Morgan fingerprint density at radius 1 is 1.03 bits per heavy atom. The van der Waals surface area contributed by atoms with Gasteiger partial charge in [-0.3, -0.25) is 19.6 Å². The van der Waals surface area contributed by atoms with Crippen molar-refractivity contribution in [3.8, 4) is 11.1 Å². The van der Waals surface area contributed by atoms with E-state index in [1.165, 1.54) is 6.20 Å². The Balaban J connectivity index is 1.52.